The Morgan fingerprint density at radius 2 is 1.83 bits per heavy atom. The minimum atomic E-state index is -5.06. The first-order valence-electron chi connectivity index (χ1n) is 5.39. The summed E-state index contributed by atoms with van der Waals surface area (Å²) in [6.07, 6.45) is -5.29. The van der Waals surface area contributed by atoms with E-state index in [9.17, 15) is 22.8 Å². The van der Waals surface area contributed by atoms with Gasteiger partial charge in [0.2, 0.25) is 11.4 Å². The highest BCUT2D eigenvalue weighted by atomic mass is 19.4. The molecule has 0 aromatic rings. The van der Waals surface area contributed by atoms with Gasteiger partial charge in [-0.3, -0.25) is 4.79 Å². The number of halogens is 3. The van der Waals surface area contributed by atoms with Crippen molar-refractivity contribution in [3.63, 3.8) is 0 Å². The van der Waals surface area contributed by atoms with Crippen LogP contribution >= 0.6 is 0 Å². The predicted octanol–water partition coefficient (Wildman–Crippen LogP) is 0.896. The van der Waals surface area contributed by atoms with Crippen LogP contribution in [0, 0.1) is 0 Å². The van der Waals surface area contributed by atoms with E-state index >= 15 is 0 Å². The number of alkyl halides is 3. The quantitative estimate of drug-likeness (QED) is 0.670. The second-order valence-corrected chi connectivity index (χ2v) is 4.14. The first-order chi connectivity index (χ1) is 8.04. The molecule has 0 spiro atoms. The number of aliphatic carboxylic acids is 1. The summed E-state index contributed by atoms with van der Waals surface area (Å²) < 4.78 is 37.8. The summed E-state index contributed by atoms with van der Waals surface area (Å²) >= 11 is 0. The molecule has 0 fully saturated rings. The molecule has 0 aliphatic carbocycles. The van der Waals surface area contributed by atoms with Gasteiger partial charge in [-0.2, -0.15) is 13.2 Å². The molecule has 3 N–H and O–H groups in total. The van der Waals surface area contributed by atoms with Crippen LogP contribution in [0.4, 0.5) is 13.2 Å². The van der Waals surface area contributed by atoms with Crippen LogP contribution in [0.2, 0.25) is 0 Å². The molecule has 0 bridgehead atoms. The molecular weight excluding hydrogens is 253 g/mol. The molecule has 0 aromatic heterocycles. The van der Waals surface area contributed by atoms with E-state index in [2.05, 4.69) is 5.32 Å². The fraction of sp³-hybridized carbons (Fsp3) is 0.800. The number of carboxylic acids is 1. The van der Waals surface area contributed by atoms with Gasteiger partial charge in [-0.05, 0) is 20.4 Å². The number of hydrogen-bond acceptors (Lipinski definition) is 3. The van der Waals surface area contributed by atoms with Gasteiger partial charge in [0.15, 0.2) is 0 Å². The summed E-state index contributed by atoms with van der Waals surface area (Å²) in [6, 6.07) is -0.332. The van der Waals surface area contributed by atoms with Crippen molar-refractivity contribution in [2.75, 3.05) is 6.54 Å². The standard InChI is InChI=1S/C10H17F3N2O3/c1-4-14-6(2)5-7(16)15-9(3,8(17)18)10(11,12)13/h6,14H,4-5H2,1-3H3,(H,15,16)(H,17,18). The molecule has 106 valence electrons. The number of amides is 1. The van der Waals surface area contributed by atoms with Crippen LogP contribution in [-0.2, 0) is 9.59 Å². The predicted molar refractivity (Wildman–Crippen MR) is 58.0 cm³/mol. The van der Waals surface area contributed by atoms with Crippen LogP contribution in [0.15, 0.2) is 0 Å². The van der Waals surface area contributed by atoms with Gasteiger partial charge >= 0.3 is 12.1 Å². The Labute approximate surface area is 103 Å². The van der Waals surface area contributed by atoms with E-state index in [1.54, 1.807) is 13.8 Å². The van der Waals surface area contributed by atoms with E-state index in [0.717, 1.165) is 0 Å². The third kappa shape index (κ3) is 4.17. The molecule has 0 heterocycles. The number of carbonyl (C=O) groups is 2. The highest BCUT2D eigenvalue weighted by Crippen LogP contribution is 2.30. The van der Waals surface area contributed by atoms with E-state index in [-0.39, 0.29) is 12.5 Å². The smallest absolute Gasteiger partial charge is 0.422 e. The zero-order chi connectivity index (χ0) is 14.6. The molecule has 0 saturated carbocycles. The molecule has 0 aromatic carbocycles. The molecule has 1 amide bonds. The van der Waals surface area contributed by atoms with Crippen LogP contribution < -0.4 is 10.6 Å². The number of carbonyl (C=O) groups excluding carboxylic acids is 1. The lowest BCUT2D eigenvalue weighted by atomic mass is 10.0. The summed E-state index contributed by atoms with van der Waals surface area (Å²) in [7, 11) is 0. The fourth-order valence-corrected chi connectivity index (χ4v) is 1.27. The highest BCUT2D eigenvalue weighted by molar-refractivity contribution is 5.87. The molecule has 0 aliphatic rings. The van der Waals surface area contributed by atoms with Crippen LogP contribution in [0.3, 0.4) is 0 Å². The Hall–Kier alpha value is -1.31. The second-order valence-electron chi connectivity index (χ2n) is 4.14. The SMILES string of the molecule is CCNC(C)CC(=O)NC(C)(C(=O)O)C(F)(F)F. The average molecular weight is 270 g/mol. The lowest BCUT2D eigenvalue weighted by Crippen LogP contribution is -2.62. The third-order valence-corrected chi connectivity index (χ3v) is 2.43. The van der Waals surface area contributed by atoms with Crippen molar-refractivity contribution in [1.29, 1.82) is 0 Å². The molecule has 8 heteroatoms. The van der Waals surface area contributed by atoms with Gasteiger partial charge in [0.05, 0.1) is 0 Å². The minimum absolute atomic E-state index is 0.229. The van der Waals surface area contributed by atoms with E-state index in [1.807, 2.05) is 0 Å². The maximum atomic E-state index is 12.6. The minimum Gasteiger partial charge on any atom is -0.479 e. The number of nitrogens with one attached hydrogen (secondary N) is 2. The number of hydrogen-bond donors (Lipinski definition) is 3. The Balaban J connectivity index is 4.73. The van der Waals surface area contributed by atoms with Gasteiger partial charge in [0.1, 0.15) is 0 Å². The molecule has 0 aliphatic heterocycles. The van der Waals surface area contributed by atoms with Crippen molar-refractivity contribution in [2.45, 2.75) is 44.9 Å². The van der Waals surface area contributed by atoms with E-state index in [0.29, 0.717) is 13.5 Å². The summed E-state index contributed by atoms with van der Waals surface area (Å²) in [5.41, 5.74) is -3.27. The van der Waals surface area contributed by atoms with Gasteiger partial charge in [-0.25, -0.2) is 4.79 Å². The second kappa shape index (κ2) is 6.03. The number of carboxylic acid groups (broad SMARTS) is 1. The maximum Gasteiger partial charge on any atom is 0.422 e. The lowest BCUT2D eigenvalue weighted by molar-refractivity contribution is -0.207. The van der Waals surface area contributed by atoms with Crippen molar-refractivity contribution in [2.24, 2.45) is 0 Å². The van der Waals surface area contributed by atoms with Gasteiger partial charge in [-0.15, -0.1) is 0 Å². The molecule has 2 atom stereocenters. The molecule has 0 rings (SSSR count). The summed E-state index contributed by atoms with van der Waals surface area (Å²) in [5, 5.41) is 13.0. The largest absolute Gasteiger partial charge is 0.479 e. The molecule has 0 radical (unpaired) electrons. The van der Waals surface area contributed by atoms with E-state index in [1.165, 1.54) is 5.32 Å². The first-order valence-corrected chi connectivity index (χ1v) is 5.39. The molecule has 2 unspecified atom stereocenters. The summed E-state index contributed by atoms with van der Waals surface area (Å²) in [5.74, 6) is -3.11. The van der Waals surface area contributed by atoms with Crippen LogP contribution in [0.25, 0.3) is 0 Å². The highest BCUT2D eigenvalue weighted by Gasteiger charge is 2.58. The lowest BCUT2D eigenvalue weighted by Gasteiger charge is -2.29. The third-order valence-electron chi connectivity index (χ3n) is 2.43. The van der Waals surface area contributed by atoms with Crippen LogP contribution in [0.5, 0.6) is 0 Å². The van der Waals surface area contributed by atoms with Crippen molar-refractivity contribution >= 4 is 11.9 Å². The van der Waals surface area contributed by atoms with E-state index < -0.39 is 23.6 Å². The van der Waals surface area contributed by atoms with Crippen molar-refractivity contribution in [3.8, 4) is 0 Å². The normalized spacial score (nSPS) is 16.8. The zero-order valence-corrected chi connectivity index (χ0v) is 10.4. The van der Waals surface area contributed by atoms with Gasteiger partial charge in [0.25, 0.3) is 0 Å². The maximum absolute atomic E-state index is 12.6. The Morgan fingerprint density at radius 1 is 1.33 bits per heavy atom. The van der Waals surface area contributed by atoms with Gasteiger partial charge < -0.3 is 15.7 Å². The Bertz CT molecular complexity index is 320. The number of rotatable bonds is 6. The first kappa shape index (κ1) is 16.7. The van der Waals surface area contributed by atoms with Crippen molar-refractivity contribution in [1.82, 2.24) is 10.6 Å². The van der Waals surface area contributed by atoms with Crippen LogP contribution in [-0.4, -0.2) is 41.3 Å². The van der Waals surface area contributed by atoms with Crippen molar-refractivity contribution in [3.05, 3.63) is 0 Å². The van der Waals surface area contributed by atoms with Crippen molar-refractivity contribution < 1.29 is 27.9 Å². The molecule has 0 saturated heterocycles. The van der Waals surface area contributed by atoms with Crippen LogP contribution in [0.1, 0.15) is 27.2 Å². The molecule has 18 heavy (non-hydrogen) atoms. The monoisotopic (exact) mass is 270 g/mol. The summed E-state index contributed by atoms with van der Waals surface area (Å²) in [4.78, 5) is 22.0. The molecular formula is C10H17F3N2O3. The zero-order valence-electron chi connectivity index (χ0n) is 10.4. The fourth-order valence-electron chi connectivity index (χ4n) is 1.27. The molecule has 5 nitrogen and oxygen atoms in total. The topological polar surface area (TPSA) is 78.4 Å². The van der Waals surface area contributed by atoms with Gasteiger partial charge in [-0.1, -0.05) is 6.92 Å². The average Bonchev–Trinajstić information content (AvgIpc) is 2.14. The van der Waals surface area contributed by atoms with E-state index in [4.69, 9.17) is 5.11 Å². The Kier molecular flexibility index (Phi) is 5.59. The summed E-state index contributed by atoms with van der Waals surface area (Å²) in [6.45, 7) is 4.38. The van der Waals surface area contributed by atoms with Gasteiger partial charge in [0, 0.05) is 12.5 Å². The Morgan fingerprint density at radius 3 is 2.17 bits per heavy atom.